The zero-order valence-corrected chi connectivity index (χ0v) is 12.1. The fraction of sp³-hybridized carbons (Fsp3) is 0.600. The van der Waals surface area contributed by atoms with Gasteiger partial charge in [-0.3, -0.25) is 0 Å². The third-order valence-electron chi connectivity index (χ3n) is 3.24. The van der Waals surface area contributed by atoms with Crippen LogP contribution in [-0.4, -0.2) is 30.6 Å². The first-order chi connectivity index (χ1) is 8.56. The predicted octanol–water partition coefficient (Wildman–Crippen LogP) is 3.08. The lowest BCUT2D eigenvalue weighted by molar-refractivity contribution is 0.182. The van der Waals surface area contributed by atoms with Crippen molar-refractivity contribution in [2.45, 2.75) is 40.2 Å². The summed E-state index contributed by atoms with van der Waals surface area (Å²) in [7, 11) is 0. The van der Waals surface area contributed by atoms with Gasteiger partial charge < -0.3 is 15.4 Å². The highest BCUT2D eigenvalue weighted by Crippen LogP contribution is 2.23. The standard InChI is InChI=1S/C15H26N2O/c1-5-17(6-2)10-9-13(4)18-15-8-7-12(3)11-14(15)16/h7-8,11,13H,5-6,9-10,16H2,1-4H3. The quantitative estimate of drug-likeness (QED) is 0.756. The van der Waals surface area contributed by atoms with E-state index in [0.29, 0.717) is 0 Å². The third-order valence-corrected chi connectivity index (χ3v) is 3.24. The summed E-state index contributed by atoms with van der Waals surface area (Å²) in [4.78, 5) is 2.40. The SMILES string of the molecule is CCN(CC)CCC(C)Oc1ccc(C)cc1N. The molecule has 0 aliphatic carbocycles. The maximum absolute atomic E-state index is 5.94. The molecule has 0 saturated heterocycles. The van der Waals surface area contributed by atoms with Crippen molar-refractivity contribution in [1.29, 1.82) is 0 Å². The van der Waals surface area contributed by atoms with Crippen molar-refractivity contribution in [3.05, 3.63) is 23.8 Å². The Bertz CT molecular complexity index is 362. The maximum Gasteiger partial charge on any atom is 0.142 e. The predicted molar refractivity (Wildman–Crippen MR) is 78.1 cm³/mol. The number of hydrogen-bond acceptors (Lipinski definition) is 3. The van der Waals surface area contributed by atoms with E-state index in [1.807, 2.05) is 25.1 Å². The Morgan fingerprint density at radius 2 is 1.94 bits per heavy atom. The van der Waals surface area contributed by atoms with Gasteiger partial charge in [0.25, 0.3) is 0 Å². The first-order valence-electron chi connectivity index (χ1n) is 6.82. The van der Waals surface area contributed by atoms with Crippen LogP contribution in [0.4, 0.5) is 5.69 Å². The maximum atomic E-state index is 5.94. The monoisotopic (exact) mass is 250 g/mol. The summed E-state index contributed by atoms with van der Waals surface area (Å²) in [6, 6.07) is 5.94. The zero-order valence-electron chi connectivity index (χ0n) is 12.1. The number of benzene rings is 1. The minimum atomic E-state index is 0.190. The minimum absolute atomic E-state index is 0.190. The van der Waals surface area contributed by atoms with Crippen LogP contribution in [0.25, 0.3) is 0 Å². The van der Waals surface area contributed by atoms with E-state index in [1.165, 1.54) is 0 Å². The molecule has 102 valence electrons. The summed E-state index contributed by atoms with van der Waals surface area (Å²) in [6.07, 6.45) is 1.21. The number of nitrogen functional groups attached to an aromatic ring is 1. The molecule has 0 amide bonds. The molecule has 1 rings (SSSR count). The Kier molecular flexibility index (Phi) is 5.99. The lowest BCUT2D eigenvalue weighted by Gasteiger charge is -2.21. The molecule has 3 nitrogen and oxygen atoms in total. The van der Waals surface area contributed by atoms with Gasteiger partial charge in [-0.25, -0.2) is 0 Å². The highest BCUT2D eigenvalue weighted by atomic mass is 16.5. The molecular weight excluding hydrogens is 224 g/mol. The smallest absolute Gasteiger partial charge is 0.142 e. The van der Waals surface area contributed by atoms with Gasteiger partial charge >= 0.3 is 0 Å². The molecule has 3 heteroatoms. The Hall–Kier alpha value is -1.22. The second-order valence-electron chi connectivity index (χ2n) is 4.79. The van der Waals surface area contributed by atoms with Gasteiger partial charge in [-0.2, -0.15) is 0 Å². The average Bonchev–Trinajstić information content (AvgIpc) is 2.34. The Morgan fingerprint density at radius 1 is 1.28 bits per heavy atom. The summed E-state index contributed by atoms with van der Waals surface area (Å²) in [6.45, 7) is 11.8. The summed E-state index contributed by atoms with van der Waals surface area (Å²) >= 11 is 0. The number of nitrogens with two attached hydrogens (primary N) is 1. The largest absolute Gasteiger partial charge is 0.489 e. The van der Waals surface area contributed by atoms with E-state index >= 15 is 0 Å². The molecule has 1 aromatic carbocycles. The molecule has 0 fully saturated rings. The van der Waals surface area contributed by atoms with E-state index in [2.05, 4.69) is 25.7 Å². The summed E-state index contributed by atoms with van der Waals surface area (Å²) in [5, 5.41) is 0. The molecule has 0 aliphatic heterocycles. The molecule has 0 saturated carbocycles. The Morgan fingerprint density at radius 3 is 2.50 bits per heavy atom. The summed E-state index contributed by atoms with van der Waals surface area (Å²) in [5.74, 6) is 0.799. The van der Waals surface area contributed by atoms with Crippen LogP contribution < -0.4 is 10.5 Å². The molecule has 0 heterocycles. The van der Waals surface area contributed by atoms with Gasteiger partial charge in [-0.1, -0.05) is 19.9 Å². The minimum Gasteiger partial charge on any atom is -0.489 e. The molecule has 0 bridgehead atoms. The van der Waals surface area contributed by atoms with Gasteiger partial charge in [0.2, 0.25) is 0 Å². The van der Waals surface area contributed by atoms with Crippen molar-refractivity contribution in [3.63, 3.8) is 0 Å². The van der Waals surface area contributed by atoms with E-state index < -0.39 is 0 Å². The van der Waals surface area contributed by atoms with Gasteiger partial charge in [0.05, 0.1) is 11.8 Å². The van der Waals surface area contributed by atoms with Crippen LogP contribution in [0.3, 0.4) is 0 Å². The van der Waals surface area contributed by atoms with Crippen LogP contribution in [-0.2, 0) is 0 Å². The molecule has 2 N–H and O–H groups in total. The van der Waals surface area contributed by atoms with Gasteiger partial charge in [0.1, 0.15) is 5.75 Å². The second-order valence-corrected chi connectivity index (χ2v) is 4.79. The highest BCUT2D eigenvalue weighted by Gasteiger charge is 2.08. The zero-order chi connectivity index (χ0) is 13.5. The number of ether oxygens (including phenoxy) is 1. The average molecular weight is 250 g/mol. The van der Waals surface area contributed by atoms with Crippen molar-refractivity contribution >= 4 is 5.69 Å². The first kappa shape index (κ1) is 14.8. The fourth-order valence-electron chi connectivity index (χ4n) is 1.96. The van der Waals surface area contributed by atoms with Crippen molar-refractivity contribution in [3.8, 4) is 5.75 Å². The molecule has 1 unspecified atom stereocenters. The van der Waals surface area contributed by atoms with Crippen molar-refractivity contribution in [2.75, 3.05) is 25.4 Å². The van der Waals surface area contributed by atoms with E-state index in [1.54, 1.807) is 0 Å². The van der Waals surface area contributed by atoms with Crippen LogP contribution in [0, 0.1) is 6.92 Å². The van der Waals surface area contributed by atoms with Crippen LogP contribution >= 0.6 is 0 Å². The van der Waals surface area contributed by atoms with Gasteiger partial charge in [0.15, 0.2) is 0 Å². The molecule has 0 radical (unpaired) electrons. The highest BCUT2D eigenvalue weighted by molar-refractivity contribution is 5.54. The molecule has 1 atom stereocenters. The van der Waals surface area contributed by atoms with Crippen molar-refractivity contribution in [2.24, 2.45) is 0 Å². The number of nitrogens with zero attached hydrogens (tertiary/aromatic N) is 1. The molecule has 18 heavy (non-hydrogen) atoms. The summed E-state index contributed by atoms with van der Waals surface area (Å²) < 4.78 is 5.89. The topological polar surface area (TPSA) is 38.5 Å². The van der Waals surface area contributed by atoms with Gasteiger partial charge in [-0.15, -0.1) is 0 Å². The van der Waals surface area contributed by atoms with E-state index in [4.69, 9.17) is 10.5 Å². The fourth-order valence-corrected chi connectivity index (χ4v) is 1.96. The van der Waals surface area contributed by atoms with Crippen molar-refractivity contribution in [1.82, 2.24) is 4.90 Å². The Labute approximate surface area is 111 Å². The van der Waals surface area contributed by atoms with Crippen molar-refractivity contribution < 1.29 is 4.74 Å². The van der Waals surface area contributed by atoms with E-state index in [-0.39, 0.29) is 6.10 Å². The lowest BCUT2D eigenvalue weighted by Crippen LogP contribution is -2.28. The molecule has 0 aromatic heterocycles. The van der Waals surface area contributed by atoms with E-state index in [9.17, 15) is 0 Å². The van der Waals surface area contributed by atoms with Gasteiger partial charge in [-0.05, 0) is 51.1 Å². The second kappa shape index (κ2) is 7.27. The van der Waals surface area contributed by atoms with Gasteiger partial charge in [0, 0.05) is 6.54 Å². The first-order valence-corrected chi connectivity index (χ1v) is 6.82. The van der Waals surface area contributed by atoms with E-state index in [0.717, 1.165) is 43.1 Å². The number of aryl methyl sites for hydroxylation is 1. The third kappa shape index (κ3) is 4.57. The van der Waals surface area contributed by atoms with Crippen LogP contribution in [0.5, 0.6) is 5.75 Å². The lowest BCUT2D eigenvalue weighted by atomic mass is 10.2. The molecule has 0 spiro atoms. The van der Waals surface area contributed by atoms with Crippen LogP contribution in [0.2, 0.25) is 0 Å². The number of hydrogen-bond donors (Lipinski definition) is 1. The summed E-state index contributed by atoms with van der Waals surface area (Å²) in [5.41, 5.74) is 7.83. The normalized spacial score (nSPS) is 12.7. The Balaban J connectivity index is 2.46. The molecule has 1 aromatic rings. The molecule has 0 aliphatic rings. The number of anilines is 1. The molecular formula is C15H26N2O. The number of rotatable bonds is 7. The van der Waals surface area contributed by atoms with Crippen LogP contribution in [0.15, 0.2) is 18.2 Å². The van der Waals surface area contributed by atoms with Crippen LogP contribution in [0.1, 0.15) is 32.8 Å².